The van der Waals surface area contributed by atoms with Crippen LogP contribution in [0.5, 0.6) is 0 Å². The average Bonchev–Trinajstić information content (AvgIpc) is 3.09. The lowest BCUT2D eigenvalue weighted by molar-refractivity contribution is -0.130. The van der Waals surface area contributed by atoms with Gasteiger partial charge in [0.15, 0.2) is 5.89 Å². The Bertz CT molecular complexity index is 877. The van der Waals surface area contributed by atoms with Crippen LogP contribution in [0.3, 0.4) is 0 Å². The van der Waals surface area contributed by atoms with E-state index in [9.17, 15) is 10.1 Å². The summed E-state index contributed by atoms with van der Waals surface area (Å²) >= 11 is 0. The van der Waals surface area contributed by atoms with Crippen molar-refractivity contribution < 1.29 is 9.21 Å². The van der Waals surface area contributed by atoms with Crippen molar-refractivity contribution in [3.63, 3.8) is 0 Å². The zero-order valence-electron chi connectivity index (χ0n) is 15.5. The molecule has 7 heteroatoms. The van der Waals surface area contributed by atoms with E-state index in [0.717, 1.165) is 19.4 Å². The molecule has 3 heterocycles. The van der Waals surface area contributed by atoms with Crippen molar-refractivity contribution in [2.24, 2.45) is 0 Å². The lowest BCUT2D eigenvalue weighted by Gasteiger charge is -2.37. The summed E-state index contributed by atoms with van der Waals surface area (Å²) in [7, 11) is 0. The molecule has 1 amide bonds. The monoisotopic (exact) mass is 365 g/mol. The van der Waals surface area contributed by atoms with Crippen LogP contribution in [0.4, 0.5) is 11.6 Å². The molecule has 2 aromatic rings. The van der Waals surface area contributed by atoms with Gasteiger partial charge in [0.05, 0.1) is 6.54 Å². The van der Waals surface area contributed by atoms with E-state index in [1.165, 1.54) is 11.3 Å². The molecule has 27 heavy (non-hydrogen) atoms. The fourth-order valence-corrected chi connectivity index (χ4v) is 3.90. The standard InChI is InChI=1S/C20H23N5O2/c1-15-22-17(13-21)20(27-15)24-11-9-23(10-12-24)19(26)14-25-8-4-6-16-5-2-3-7-18(16)25/h2-3,5,7H,4,6,8-12,14H2,1H3. The third kappa shape index (κ3) is 3.47. The third-order valence-electron chi connectivity index (χ3n) is 5.27. The predicted octanol–water partition coefficient (Wildman–Crippen LogP) is 1.96. The summed E-state index contributed by atoms with van der Waals surface area (Å²) < 4.78 is 5.58. The number of benzene rings is 1. The van der Waals surface area contributed by atoms with Crippen molar-refractivity contribution in [2.45, 2.75) is 19.8 Å². The molecule has 0 bridgehead atoms. The van der Waals surface area contributed by atoms with Crippen LogP contribution in [0, 0.1) is 18.3 Å². The first-order valence-electron chi connectivity index (χ1n) is 9.39. The predicted molar refractivity (Wildman–Crippen MR) is 102 cm³/mol. The number of fused-ring (bicyclic) bond motifs is 1. The van der Waals surface area contributed by atoms with Crippen LogP contribution in [0.25, 0.3) is 0 Å². The molecule has 0 saturated carbocycles. The van der Waals surface area contributed by atoms with E-state index >= 15 is 0 Å². The van der Waals surface area contributed by atoms with E-state index in [0.29, 0.717) is 50.2 Å². The first kappa shape index (κ1) is 17.4. The first-order valence-corrected chi connectivity index (χ1v) is 9.39. The SMILES string of the molecule is Cc1nc(C#N)c(N2CCN(C(=O)CN3CCCc4ccccc43)CC2)o1. The van der Waals surface area contributed by atoms with Gasteiger partial charge in [0.1, 0.15) is 6.07 Å². The van der Waals surface area contributed by atoms with Crippen LogP contribution in [0.1, 0.15) is 23.6 Å². The molecule has 0 spiro atoms. The van der Waals surface area contributed by atoms with Crippen molar-refractivity contribution in [3.05, 3.63) is 41.4 Å². The number of carbonyl (C=O) groups excluding carboxylic acids is 1. The molecule has 0 atom stereocenters. The van der Waals surface area contributed by atoms with Gasteiger partial charge in [-0.25, -0.2) is 4.98 Å². The highest BCUT2D eigenvalue weighted by Crippen LogP contribution is 2.27. The zero-order chi connectivity index (χ0) is 18.8. The van der Waals surface area contributed by atoms with Crippen LogP contribution in [-0.4, -0.2) is 55.1 Å². The molecule has 7 nitrogen and oxygen atoms in total. The quantitative estimate of drug-likeness (QED) is 0.828. The van der Waals surface area contributed by atoms with Crippen molar-refractivity contribution >= 4 is 17.5 Å². The molecule has 4 rings (SSSR count). The summed E-state index contributed by atoms with van der Waals surface area (Å²) in [5, 5.41) is 9.20. The van der Waals surface area contributed by atoms with E-state index in [2.05, 4.69) is 34.2 Å². The van der Waals surface area contributed by atoms with E-state index in [4.69, 9.17) is 4.42 Å². The number of amides is 1. The molecular formula is C20H23N5O2. The molecule has 2 aliphatic heterocycles. The summed E-state index contributed by atoms with van der Waals surface area (Å²) in [5.74, 6) is 1.16. The van der Waals surface area contributed by atoms with Crippen molar-refractivity contribution in [3.8, 4) is 6.07 Å². The maximum absolute atomic E-state index is 12.8. The second kappa shape index (κ2) is 7.31. The highest BCUT2D eigenvalue weighted by atomic mass is 16.4. The lowest BCUT2D eigenvalue weighted by Crippen LogP contribution is -2.51. The number of nitrogens with zero attached hydrogens (tertiary/aromatic N) is 5. The number of hydrogen-bond donors (Lipinski definition) is 0. The summed E-state index contributed by atoms with van der Waals surface area (Å²) in [4.78, 5) is 23.0. The summed E-state index contributed by atoms with van der Waals surface area (Å²) in [5.41, 5.74) is 2.83. The molecular weight excluding hydrogens is 342 g/mol. The Morgan fingerprint density at radius 1 is 1.22 bits per heavy atom. The Morgan fingerprint density at radius 3 is 2.78 bits per heavy atom. The number of oxazole rings is 1. The zero-order valence-corrected chi connectivity index (χ0v) is 15.5. The second-order valence-electron chi connectivity index (χ2n) is 7.02. The van der Waals surface area contributed by atoms with Crippen LogP contribution in [-0.2, 0) is 11.2 Å². The minimum absolute atomic E-state index is 0.153. The Balaban J connectivity index is 1.38. The Labute approximate surface area is 158 Å². The third-order valence-corrected chi connectivity index (χ3v) is 5.27. The van der Waals surface area contributed by atoms with Gasteiger partial charge in [0, 0.05) is 45.3 Å². The largest absolute Gasteiger partial charge is 0.424 e. The molecule has 0 N–H and O–H groups in total. The molecule has 1 aromatic carbocycles. The van der Waals surface area contributed by atoms with Crippen molar-refractivity contribution in [1.82, 2.24) is 9.88 Å². The second-order valence-corrected chi connectivity index (χ2v) is 7.02. The Kier molecular flexibility index (Phi) is 4.71. The molecule has 140 valence electrons. The maximum atomic E-state index is 12.8. The van der Waals surface area contributed by atoms with Gasteiger partial charge in [-0.2, -0.15) is 5.26 Å². The number of rotatable bonds is 3. The normalized spacial score (nSPS) is 16.8. The van der Waals surface area contributed by atoms with Gasteiger partial charge < -0.3 is 19.1 Å². The molecule has 1 fully saturated rings. The molecule has 0 radical (unpaired) electrons. The van der Waals surface area contributed by atoms with Crippen molar-refractivity contribution in [2.75, 3.05) is 49.1 Å². The lowest BCUT2D eigenvalue weighted by atomic mass is 10.0. The van der Waals surface area contributed by atoms with E-state index in [1.54, 1.807) is 6.92 Å². The minimum Gasteiger partial charge on any atom is -0.424 e. The molecule has 0 unspecified atom stereocenters. The fourth-order valence-electron chi connectivity index (χ4n) is 3.90. The molecule has 1 aromatic heterocycles. The van der Waals surface area contributed by atoms with E-state index < -0.39 is 0 Å². The smallest absolute Gasteiger partial charge is 0.242 e. The highest BCUT2D eigenvalue weighted by Gasteiger charge is 2.27. The van der Waals surface area contributed by atoms with Gasteiger partial charge in [0.25, 0.3) is 0 Å². The number of anilines is 2. The van der Waals surface area contributed by atoms with Crippen LogP contribution in [0.15, 0.2) is 28.7 Å². The van der Waals surface area contributed by atoms with E-state index in [-0.39, 0.29) is 5.91 Å². The summed E-state index contributed by atoms with van der Waals surface area (Å²) in [6.45, 7) is 5.61. The van der Waals surface area contributed by atoms with Gasteiger partial charge in [-0.15, -0.1) is 0 Å². The number of para-hydroxylation sites is 1. The van der Waals surface area contributed by atoms with Crippen LogP contribution >= 0.6 is 0 Å². The summed E-state index contributed by atoms with van der Waals surface area (Å²) in [6, 6.07) is 10.4. The van der Waals surface area contributed by atoms with Crippen molar-refractivity contribution in [1.29, 1.82) is 5.26 Å². The minimum atomic E-state index is 0.153. The Hall–Kier alpha value is -3.01. The number of nitriles is 1. The fraction of sp³-hybridized carbons (Fsp3) is 0.450. The highest BCUT2D eigenvalue weighted by molar-refractivity contribution is 5.82. The van der Waals surface area contributed by atoms with Gasteiger partial charge in [-0.1, -0.05) is 18.2 Å². The van der Waals surface area contributed by atoms with Crippen LogP contribution < -0.4 is 9.80 Å². The molecule has 1 saturated heterocycles. The number of hydrogen-bond acceptors (Lipinski definition) is 6. The number of aromatic nitrogens is 1. The maximum Gasteiger partial charge on any atom is 0.242 e. The van der Waals surface area contributed by atoms with E-state index in [1.807, 2.05) is 15.9 Å². The van der Waals surface area contributed by atoms with Gasteiger partial charge in [-0.05, 0) is 24.5 Å². The van der Waals surface area contributed by atoms with Gasteiger partial charge in [-0.3, -0.25) is 4.79 Å². The number of aryl methyl sites for hydroxylation is 2. The first-order chi connectivity index (χ1) is 13.2. The number of carbonyl (C=O) groups is 1. The van der Waals surface area contributed by atoms with Crippen LogP contribution in [0.2, 0.25) is 0 Å². The topological polar surface area (TPSA) is 76.6 Å². The number of piperazine rings is 1. The molecule has 0 aliphatic carbocycles. The summed E-state index contributed by atoms with van der Waals surface area (Å²) in [6.07, 6.45) is 2.16. The Morgan fingerprint density at radius 2 is 2.00 bits per heavy atom. The van der Waals surface area contributed by atoms with Gasteiger partial charge in [0.2, 0.25) is 17.5 Å². The average molecular weight is 365 g/mol. The van der Waals surface area contributed by atoms with Gasteiger partial charge >= 0.3 is 0 Å². The molecule has 2 aliphatic rings.